The van der Waals surface area contributed by atoms with Crippen LogP contribution >= 0.6 is 22.2 Å². The minimum atomic E-state index is -1.72. The van der Waals surface area contributed by atoms with Gasteiger partial charge in [0.25, 0.3) is 0 Å². The summed E-state index contributed by atoms with van der Waals surface area (Å²) in [6.45, 7) is 2.13. The predicted octanol–water partition coefficient (Wildman–Crippen LogP) is 5.33. The molecule has 0 aromatic heterocycles. The molecular weight excluding hydrogens is 291 g/mol. The highest BCUT2D eigenvalue weighted by atomic mass is 35.7. The largest absolute Gasteiger partial charge is 0.244 e. The molecule has 0 amide bonds. The fourth-order valence-corrected chi connectivity index (χ4v) is 3.97. The molecule has 0 nitrogen and oxygen atoms in total. The molecule has 3 heteroatoms. The molecule has 0 aliphatic carbocycles. The Morgan fingerprint density at radius 3 is 2.32 bits per heavy atom. The third-order valence-corrected chi connectivity index (χ3v) is 7.07. The topological polar surface area (TPSA) is 0 Å². The van der Waals surface area contributed by atoms with E-state index in [4.69, 9.17) is 22.2 Å². The average Bonchev–Trinajstić information content (AvgIpc) is 2.45. The van der Waals surface area contributed by atoms with Crippen LogP contribution in [0.25, 0.3) is 21.5 Å². The highest BCUT2D eigenvalue weighted by molar-refractivity contribution is 7.34. The zero-order valence-electron chi connectivity index (χ0n) is 10.6. The van der Waals surface area contributed by atoms with Crippen LogP contribution in [-0.4, -0.2) is 7.42 Å². The Labute approximate surface area is 124 Å². The lowest BCUT2D eigenvalue weighted by Gasteiger charge is -2.15. The number of hydrogen-bond donors (Lipinski definition) is 0. The first-order valence-electron chi connectivity index (χ1n) is 6.37. The molecule has 0 N–H and O–H groups in total. The molecule has 0 aliphatic heterocycles. The molecule has 0 spiro atoms. The van der Waals surface area contributed by atoms with E-state index in [1.807, 2.05) is 0 Å². The minimum Gasteiger partial charge on any atom is -0.150 e. The predicted molar refractivity (Wildman–Crippen MR) is 88.7 cm³/mol. The molecular formula is C16H14Cl2Si. The number of rotatable bonds is 2. The summed E-state index contributed by atoms with van der Waals surface area (Å²) in [6, 6.07) is 19.2. The van der Waals surface area contributed by atoms with E-state index < -0.39 is 7.42 Å². The summed E-state index contributed by atoms with van der Waals surface area (Å²) in [5, 5.41) is 5.11. The van der Waals surface area contributed by atoms with Gasteiger partial charge in [-0.3, -0.25) is 0 Å². The Morgan fingerprint density at radius 1 is 0.789 bits per heavy atom. The highest BCUT2D eigenvalue weighted by Crippen LogP contribution is 2.33. The van der Waals surface area contributed by atoms with Gasteiger partial charge in [-0.2, -0.15) is 0 Å². The van der Waals surface area contributed by atoms with Crippen molar-refractivity contribution in [1.82, 2.24) is 0 Å². The van der Waals surface area contributed by atoms with Crippen LogP contribution < -0.4 is 0 Å². The molecule has 19 heavy (non-hydrogen) atoms. The van der Waals surface area contributed by atoms with Gasteiger partial charge in [0.2, 0.25) is 7.42 Å². The summed E-state index contributed by atoms with van der Waals surface area (Å²) < 4.78 is 0. The normalized spacial score (nSPS) is 13.3. The quantitative estimate of drug-likeness (QED) is 0.341. The van der Waals surface area contributed by atoms with E-state index in [0.29, 0.717) is 0 Å². The fraction of sp³-hybridized carbons (Fsp3) is 0.125. The van der Waals surface area contributed by atoms with E-state index in [1.165, 1.54) is 27.1 Å². The Kier molecular flexibility index (Phi) is 3.53. The SMILES string of the molecule is CC(c1cccc2c1ccc1ccccc12)[SiH](Cl)Cl. The highest BCUT2D eigenvalue weighted by Gasteiger charge is 2.18. The minimum absolute atomic E-state index is 0.258. The molecule has 0 saturated carbocycles. The van der Waals surface area contributed by atoms with Crippen molar-refractivity contribution >= 4 is 51.1 Å². The number of benzene rings is 3. The van der Waals surface area contributed by atoms with E-state index in [9.17, 15) is 0 Å². The molecule has 3 aromatic rings. The lowest BCUT2D eigenvalue weighted by Crippen LogP contribution is -2.07. The van der Waals surface area contributed by atoms with Gasteiger partial charge >= 0.3 is 0 Å². The van der Waals surface area contributed by atoms with E-state index in [1.54, 1.807) is 0 Å². The summed E-state index contributed by atoms with van der Waals surface area (Å²) in [5.74, 6) is 0. The fourth-order valence-electron chi connectivity index (χ4n) is 2.60. The summed E-state index contributed by atoms with van der Waals surface area (Å²) in [5.41, 5.74) is 1.53. The Balaban J connectivity index is 2.35. The molecule has 0 aliphatic rings. The standard InChI is InChI=1S/C16H14Cl2Si/c1-11(19(17)18)13-7-4-8-15-14-6-3-2-5-12(14)9-10-16(13)15/h2-11,19H,1H3. The lowest BCUT2D eigenvalue weighted by molar-refractivity contribution is 1.09. The molecule has 3 aromatic carbocycles. The Hall–Kier alpha value is -1.02. The molecule has 0 fully saturated rings. The van der Waals surface area contributed by atoms with E-state index >= 15 is 0 Å². The maximum absolute atomic E-state index is 6.19. The third-order valence-electron chi connectivity index (χ3n) is 3.69. The van der Waals surface area contributed by atoms with E-state index in [0.717, 1.165) is 0 Å². The van der Waals surface area contributed by atoms with Crippen molar-refractivity contribution in [2.24, 2.45) is 0 Å². The van der Waals surface area contributed by atoms with Gasteiger partial charge in [-0.25, -0.2) is 0 Å². The van der Waals surface area contributed by atoms with Crippen LogP contribution in [0, 0.1) is 0 Å². The van der Waals surface area contributed by atoms with E-state index in [2.05, 4.69) is 61.5 Å². The van der Waals surface area contributed by atoms with E-state index in [-0.39, 0.29) is 5.54 Å². The second kappa shape index (κ2) is 5.16. The van der Waals surface area contributed by atoms with Gasteiger partial charge in [-0.1, -0.05) is 61.5 Å². The summed E-state index contributed by atoms with van der Waals surface area (Å²) in [4.78, 5) is 0. The van der Waals surface area contributed by atoms with Crippen LogP contribution in [0.15, 0.2) is 54.6 Å². The van der Waals surface area contributed by atoms with Crippen LogP contribution in [0.3, 0.4) is 0 Å². The summed E-state index contributed by atoms with van der Waals surface area (Å²) in [6.07, 6.45) is 0. The van der Waals surface area contributed by atoms with Gasteiger partial charge in [0.15, 0.2) is 0 Å². The second-order valence-corrected chi connectivity index (χ2v) is 10.0. The van der Waals surface area contributed by atoms with Crippen molar-refractivity contribution in [2.45, 2.75) is 12.5 Å². The van der Waals surface area contributed by atoms with Crippen molar-refractivity contribution < 1.29 is 0 Å². The van der Waals surface area contributed by atoms with Crippen molar-refractivity contribution in [1.29, 1.82) is 0 Å². The number of fused-ring (bicyclic) bond motifs is 3. The first kappa shape index (κ1) is 13.0. The third kappa shape index (κ3) is 2.27. The Morgan fingerprint density at radius 2 is 1.53 bits per heavy atom. The summed E-state index contributed by atoms with van der Waals surface area (Å²) in [7, 11) is -1.72. The number of halogens is 2. The molecule has 0 radical (unpaired) electrons. The Bertz CT molecular complexity index is 737. The van der Waals surface area contributed by atoms with Crippen molar-refractivity contribution in [3.8, 4) is 0 Å². The molecule has 3 rings (SSSR count). The maximum atomic E-state index is 6.19. The molecule has 0 saturated heterocycles. The van der Waals surface area contributed by atoms with Gasteiger partial charge in [0, 0.05) is 5.54 Å². The second-order valence-electron chi connectivity index (χ2n) is 4.85. The van der Waals surface area contributed by atoms with Crippen molar-refractivity contribution in [2.75, 3.05) is 0 Å². The first-order valence-corrected chi connectivity index (χ1v) is 10.5. The molecule has 1 atom stereocenters. The first-order chi connectivity index (χ1) is 9.18. The molecule has 1 unspecified atom stereocenters. The van der Waals surface area contributed by atoms with Gasteiger partial charge in [0.05, 0.1) is 0 Å². The average molecular weight is 305 g/mol. The zero-order chi connectivity index (χ0) is 13.4. The van der Waals surface area contributed by atoms with Gasteiger partial charge in [-0.15, -0.1) is 22.2 Å². The van der Waals surface area contributed by atoms with Crippen LogP contribution in [0.4, 0.5) is 0 Å². The van der Waals surface area contributed by atoms with Crippen molar-refractivity contribution in [3.63, 3.8) is 0 Å². The van der Waals surface area contributed by atoms with Gasteiger partial charge in [-0.05, 0) is 27.1 Å². The monoisotopic (exact) mass is 304 g/mol. The van der Waals surface area contributed by atoms with Crippen molar-refractivity contribution in [3.05, 3.63) is 60.2 Å². The van der Waals surface area contributed by atoms with Crippen LogP contribution in [0.1, 0.15) is 18.0 Å². The van der Waals surface area contributed by atoms with Crippen LogP contribution in [-0.2, 0) is 0 Å². The molecule has 0 bridgehead atoms. The van der Waals surface area contributed by atoms with Crippen LogP contribution in [0.2, 0.25) is 0 Å². The number of hydrogen-bond acceptors (Lipinski definition) is 0. The van der Waals surface area contributed by atoms with Crippen LogP contribution in [0.5, 0.6) is 0 Å². The molecule has 96 valence electrons. The summed E-state index contributed by atoms with van der Waals surface area (Å²) >= 11 is 12.4. The zero-order valence-corrected chi connectivity index (χ0v) is 13.3. The maximum Gasteiger partial charge on any atom is 0.244 e. The smallest absolute Gasteiger partial charge is 0.150 e. The lowest BCUT2D eigenvalue weighted by atomic mass is 9.97. The van der Waals surface area contributed by atoms with Gasteiger partial charge < -0.3 is 0 Å². The van der Waals surface area contributed by atoms with Gasteiger partial charge in [0.1, 0.15) is 0 Å². The molecule has 0 heterocycles.